The summed E-state index contributed by atoms with van der Waals surface area (Å²) in [5.74, 6) is -0.235. The van der Waals surface area contributed by atoms with Gasteiger partial charge in [-0.15, -0.1) is 0 Å². The number of fused-ring (bicyclic) bond motifs is 1. The van der Waals surface area contributed by atoms with Gasteiger partial charge in [0.25, 0.3) is 5.91 Å². The van der Waals surface area contributed by atoms with E-state index in [-0.39, 0.29) is 17.5 Å². The Kier molecular flexibility index (Phi) is 3.67. The Labute approximate surface area is 133 Å². The lowest BCUT2D eigenvalue weighted by molar-refractivity contribution is 0.0620. The van der Waals surface area contributed by atoms with Crippen molar-refractivity contribution in [2.75, 3.05) is 5.73 Å². The van der Waals surface area contributed by atoms with Crippen molar-refractivity contribution in [3.8, 4) is 5.75 Å². The van der Waals surface area contributed by atoms with Crippen LogP contribution in [0.15, 0.2) is 36.7 Å². The smallest absolute Gasteiger partial charge is 0.253 e. The third-order valence-electron chi connectivity index (χ3n) is 3.76. The Morgan fingerprint density at radius 3 is 2.91 bits per heavy atom. The van der Waals surface area contributed by atoms with Gasteiger partial charge in [-0.1, -0.05) is 0 Å². The third-order valence-corrected chi connectivity index (χ3v) is 3.76. The van der Waals surface area contributed by atoms with Crippen molar-refractivity contribution < 1.29 is 13.9 Å². The van der Waals surface area contributed by atoms with Crippen LogP contribution in [0.4, 0.5) is 10.1 Å². The largest absolute Gasteiger partial charge is 0.487 e. The quantitative estimate of drug-likeness (QED) is 0.835. The zero-order valence-corrected chi connectivity index (χ0v) is 13.0. The van der Waals surface area contributed by atoms with Crippen molar-refractivity contribution in [2.45, 2.75) is 31.9 Å². The van der Waals surface area contributed by atoms with E-state index in [4.69, 9.17) is 10.5 Å². The molecule has 1 aliphatic heterocycles. The molecule has 3 N–H and O–H groups in total. The lowest BCUT2D eigenvalue weighted by Gasteiger charge is -2.38. The number of carbonyl (C=O) groups is 1. The molecule has 1 aromatic heterocycles. The molecule has 2 heterocycles. The number of ether oxygens (including phenoxy) is 1. The third kappa shape index (κ3) is 3.26. The van der Waals surface area contributed by atoms with Gasteiger partial charge < -0.3 is 15.8 Å². The van der Waals surface area contributed by atoms with Crippen LogP contribution in [0.25, 0.3) is 0 Å². The van der Waals surface area contributed by atoms with Crippen LogP contribution in [0.5, 0.6) is 5.75 Å². The summed E-state index contributed by atoms with van der Waals surface area (Å²) in [6.07, 6.45) is 2.98. The highest BCUT2D eigenvalue weighted by Gasteiger charge is 2.34. The molecule has 5 nitrogen and oxygen atoms in total. The van der Waals surface area contributed by atoms with Crippen LogP contribution in [0.3, 0.4) is 0 Å². The van der Waals surface area contributed by atoms with E-state index in [1.54, 1.807) is 18.2 Å². The first kappa shape index (κ1) is 15.3. The normalized spacial score (nSPS) is 18.7. The monoisotopic (exact) mass is 315 g/mol. The topological polar surface area (TPSA) is 77.2 Å². The Morgan fingerprint density at radius 2 is 2.17 bits per heavy atom. The van der Waals surface area contributed by atoms with E-state index in [0.29, 0.717) is 17.9 Å². The lowest BCUT2D eigenvalue weighted by atomic mass is 9.89. The van der Waals surface area contributed by atoms with Gasteiger partial charge in [0.05, 0.1) is 17.8 Å². The van der Waals surface area contributed by atoms with E-state index < -0.39 is 11.4 Å². The molecule has 0 spiro atoms. The van der Waals surface area contributed by atoms with Crippen LogP contribution in [-0.2, 0) is 0 Å². The SMILES string of the molecule is CC1(C)CC(NC(=O)c2cncc(F)c2)c2cc(N)ccc2O1. The molecule has 0 saturated carbocycles. The average molecular weight is 315 g/mol. The van der Waals surface area contributed by atoms with Crippen LogP contribution in [0, 0.1) is 5.82 Å². The predicted molar refractivity (Wildman–Crippen MR) is 84.6 cm³/mol. The maximum Gasteiger partial charge on any atom is 0.253 e. The minimum Gasteiger partial charge on any atom is -0.487 e. The molecule has 23 heavy (non-hydrogen) atoms. The highest BCUT2D eigenvalue weighted by atomic mass is 19.1. The number of hydrogen-bond acceptors (Lipinski definition) is 4. The zero-order valence-electron chi connectivity index (χ0n) is 13.0. The molecule has 1 atom stereocenters. The maximum atomic E-state index is 13.2. The highest BCUT2D eigenvalue weighted by molar-refractivity contribution is 5.94. The Balaban J connectivity index is 1.90. The standard InChI is InChI=1S/C17H18FN3O2/c1-17(2)7-14(13-6-12(19)3-4-15(13)23-17)21-16(22)10-5-11(18)9-20-8-10/h3-6,8-9,14H,7,19H2,1-2H3,(H,21,22). The van der Waals surface area contributed by atoms with Gasteiger partial charge in [-0.25, -0.2) is 4.39 Å². The second-order valence-electron chi connectivity index (χ2n) is 6.28. The fraction of sp³-hybridized carbons (Fsp3) is 0.294. The Morgan fingerprint density at radius 1 is 1.39 bits per heavy atom. The minimum atomic E-state index is -0.547. The van der Waals surface area contributed by atoms with E-state index >= 15 is 0 Å². The summed E-state index contributed by atoms with van der Waals surface area (Å²) >= 11 is 0. The fourth-order valence-electron chi connectivity index (χ4n) is 2.78. The molecule has 0 bridgehead atoms. The van der Waals surface area contributed by atoms with Gasteiger partial charge in [-0.2, -0.15) is 0 Å². The van der Waals surface area contributed by atoms with Gasteiger partial charge in [0.1, 0.15) is 17.2 Å². The van der Waals surface area contributed by atoms with Crippen molar-refractivity contribution in [2.24, 2.45) is 0 Å². The predicted octanol–water partition coefficient (Wildman–Crippen LogP) is 2.84. The molecule has 0 aliphatic carbocycles. The molecule has 1 amide bonds. The van der Waals surface area contributed by atoms with Crippen LogP contribution in [0.2, 0.25) is 0 Å². The van der Waals surface area contributed by atoms with Gasteiger partial charge in [-0.3, -0.25) is 9.78 Å². The average Bonchev–Trinajstić information content (AvgIpc) is 2.47. The first-order valence-corrected chi connectivity index (χ1v) is 7.34. The van der Waals surface area contributed by atoms with E-state index in [2.05, 4.69) is 10.3 Å². The summed E-state index contributed by atoms with van der Waals surface area (Å²) in [6.45, 7) is 3.91. The number of benzene rings is 1. The summed E-state index contributed by atoms with van der Waals surface area (Å²) < 4.78 is 19.2. The summed E-state index contributed by atoms with van der Waals surface area (Å²) in [4.78, 5) is 16.1. The van der Waals surface area contributed by atoms with Gasteiger partial charge >= 0.3 is 0 Å². The first-order valence-electron chi connectivity index (χ1n) is 7.34. The molecule has 0 fully saturated rings. The summed E-state index contributed by atoms with van der Waals surface area (Å²) in [6, 6.07) is 6.24. The van der Waals surface area contributed by atoms with Crippen LogP contribution in [0.1, 0.15) is 42.2 Å². The van der Waals surface area contributed by atoms with Crippen molar-refractivity contribution >= 4 is 11.6 Å². The molecule has 6 heteroatoms. The number of aromatic nitrogens is 1. The first-order chi connectivity index (χ1) is 10.8. The molecule has 0 radical (unpaired) electrons. The van der Waals surface area contributed by atoms with Crippen LogP contribution in [-0.4, -0.2) is 16.5 Å². The van der Waals surface area contributed by atoms with E-state index in [1.165, 1.54) is 6.20 Å². The Hall–Kier alpha value is -2.63. The maximum absolute atomic E-state index is 13.2. The lowest BCUT2D eigenvalue weighted by Crippen LogP contribution is -2.41. The molecule has 1 aromatic carbocycles. The molecule has 3 rings (SSSR count). The number of pyridine rings is 1. The van der Waals surface area contributed by atoms with Crippen molar-refractivity contribution in [1.82, 2.24) is 10.3 Å². The van der Waals surface area contributed by atoms with Crippen molar-refractivity contribution in [3.05, 3.63) is 53.6 Å². The highest BCUT2D eigenvalue weighted by Crippen LogP contribution is 2.40. The van der Waals surface area contributed by atoms with Crippen LogP contribution >= 0.6 is 0 Å². The second kappa shape index (κ2) is 5.53. The van der Waals surface area contributed by atoms with E-state index in [0.717, 1.165) is 17.8 Å². The number of nitrogen functional groups attached to an aromatic ring is 1. The molecular formula is C17H18FN3O2. The van der Waals surface area contributed by atoms with Crippen molar-refractivity contribution in [1.29, 1.82) is 0 Å². The Bertz CT molecular complexity index is 761. The van der Waals surface area contributed by atoms with Crippen LogP contribution < -0.4 is 15.8 Å². The number of nitrogens with one attached hydrogen (secondary N) is 1. The molecule has 2 aromatic rings. The molecular weight excluding hydrogens is 297 g/mol. The summed E-state index contributed by atoms with van der Waals surface area (Å²) in [5.41, 5.74) is 7.01. The number of halogens is 1. The molecule has 1 aliphatic rings. The number of nitrogens with two attached hydrogens (primary N) is 1. The molecule has 0 saturated heterocycles. The van der Waals surface area contributed by atoms with Crippen molar-refractivity contribution in [3.63, 3.8) is 0 Å². The fourth-order valence-corrected chi connectivity index (χ4v) is 2.78. The number of anilines is 1. The number of rotatable bonds is 2. The molecule has 1 unspecified atom stereocenters. The number of nitrogens with zero attached hydrogens (tertiary/aromatic N) is 1. The second-order valence-corrected chi connectivity index (χ2v) is 6.28. The number of carbonyl (C=O) groups excluding carboxylic acids is 1. The van der Waals surface area contributed by atoms with Gasteiger partial charge in [-0.05, 0) is 38.1 Å². The molecule has 120 valence electrons. The van der Waals surface area contributed by atoms with E-state index in [1.807, 2.05) is 13.8 Å². The number of hydrogen-bond donors (Lipinski definition) is 2. The minimum absolute atomic E-state index is 0.180. The van der Waals surface area contributed by atoms with Gasteiger partial charge in [0, 0.05) is 23.9 Å². The van der Waals surface area contributed by atoms with E-state index in [9.17, 15) is 9.18 Å². The summed E-state index contributed by atoms with van der Waals surface area (Å²) in [7, 11) is 0. The zero-order chi connectivity index (χ0) is 16.6. The van der Waals surface area contributed by atoms with Gasteiger partial charge in [0.15, 0.2) is 0 Å². The summed E-state index contributed by atoms with van der Waals surface area (Å²) in [5, 5.41) is 2.92. The number of amides is 1. The van der Waals surface area contributed by atoms with Gasteiger partial charge in [0.2, 0.25) is 0 Å².